The summed E-state index contributed by atoms with van der Waals surface area (Å²) in [7, 11) is 0. The second-order valence-corrected chi connectivity index (χ2v) is 5.25. The Hall–Kier alpha value is -0.890. The third-order valence-corrected chi connectivity index (χ3v) is 3.28. The summed E-state index contributed by atoms with van der Waals surface area (Å²) in [6, 6.07) is 0. The van der Waals surface area contributed by atoms with Crippen molar-refractivity contribution in [1.29, 1.82) is 0 Å². The lowest BCUT2D eigenvalue weighted by atomic mass is 10.1. The molecule has 0 unspecified atom stereocenters. The third-order valence-electron chi connectivity index (χ3n) is 3.28. The van der Waals surface area contributed by atoms with Crippen LogP contribution in [0, 0.1) is 0 Å². The van der Waals surface area contributed by atoms with Crippen LogP contribution in [0.3, 0.4) is 0 Å². The maximum atomic E-state index is 11.2. The van der Waals surface area contributed by atoms with Crippen LogP contribution in [0.15, 0.2) is 24.3 Å². The van der Waals surface area contributed by atoms with E-state index in [9.17, 15) is 4.79 Å². The number of aliphatic hydroxyl groups is 1. The van der Waals surface area contributed by atoms with Gasteiger partial charge >= 0.3 is 0 Å². The fourth-order valence-corrected chi connectivity index (χ4v) is 2.06. The van der Waals surface area contributed by atoms with E-state index in [2.05, 4.69) is 31.2 Å². The normalized spacial score (nSPS) is 11.7. The largest absolute Gasteiger partial charge is 0.396 e. The first kappa shape index (κ1) is 19.1. The summed E-state index contributed by atoms with van der Waals surface area (Å²) in [5.41, 5.74) is 0. The van der Waals surface area contributed by atoms with E-state index in [0.717, 1.165) is 25.7 Å². The summed E-state index contributed by atoms with van der Waals surface area (Å²) < 4.78 is 0. The van der Waals surface area contributed by atoms with Crippen molar-refractivity contribution < 1.29 is 9.90 Å². The summed E-state index contributed by atoms with van der Waals surface area (Å²) in [5.74, 6) is 0.195. The predicted molar refractivity (Wildman–Crippen MR) is 86.8 cm³/mol. The summed E-state index contributed by atoms with van der Waals surface area (Å²) in [5, 5.41) is 8.61. The van der Waals surface area contributed by atoms with Gasteiger partial charge in [-0.1, -0.05) is 37.6 Å². The minimum absolute atomic E-state index is 0.00416. The average Bonchev–Trinajstić information content (AvgIpc) is 2.44. The smallest absolute Gasteiger partial charge is 0.135 e. The predicted octanol–water partition coefficient (Wildman–Crippen LogP) is 4.97. The van der Waals surface area contributed by atoms with Crippen LogP contribution in [0.1, 0.15) is 77.6 Å². The number of carbonyl (C=O) groups is 1. The third kappa shape index (κ3) is 15.2. The van der Waals surface area contributed by atoms with Crippen LogP contribution in [0.2, 0.25) is 0 Å². The molecule has 0 aliphatic carbocycles. The monoisotopic (exact) mass is 280 g/mol. The van der Waals surface area contributed by atoms with Gasteiger partial charge in [-0.05, 0) is 51.4 Å². The van der Waals surface area contributed by atoms with E-state index in [0.29, 0.717) is 12.8 Å². The van der Waals surface area contributed by atoms with Crippen molar-refractivity contribution in [3.8, 4) is 0 Å². The minimum Gasteiger partial charge on any atom is -0.396 e. The molecule has 116 valence electrons. The molecule has 0 fully saturated rings. The number of carbonyl (C=O) groups excluding carboxylic acids is 1. The first-order chi connectivity index (χ1) is 9.81. The maximum Gasteiger partial charge on any atom is 0.135 e. The molecule has 0 heterocycles. The first-order valence-electron chi connectivity index (χ1n) is 8.23. The highest BCUT2D eigenvalue weighted by atomic mass is 16.3. The van der Waals surface area contributed by atoms with Gasteiger partial charge in [0, 0.05) is 19.4 Å². The number of ketones is 1. The van der Waals surface area contributed by atoms with Crippen LogP contribution in [0.5, 0.6) is 0 Å². The highest BCUT2D eigenvalue weighted by molar-refractivity contribution is 5.78. The Labute approximate surface area is 125 Å². The van der Waals surface area contributed by atoms with Crippen molar-refractivity contribution in [1.82, 2.24) is 0 Å². The Kier molecular flexibility index (Phi) is 15.4. The standard InChI is InChI=1S/C18H32O2/c1-2-3-4-5-6-7-8-9-10-11-12-13-14-15-18(20)16-17-19/h3-4,9-10,19H,2,5-8,11-17H2,1H3/b4-3-,10-9-. The van der Waals surface area contributed by atoms with Gasteiger partial charge in [0.05, 0.1) is 0 Å². The minimum atomic E-state index is -0.00416. The molecular formula is C18H32O2. The average molecular weight is 280 g/mol. The fourth-order valence-electron chi connectivity index (χ4n) is 2.06. The van der Waals surface area contributed by atoms with Crippen LogP contribution in [-0.4, -0.2) is 17.5 Å². The first-order valence-corrected chi connectivity index (χ1v) is 8.23. The van der Waals surface area contributed by atoms with Crippen molar-refractivity contribution in [3.63, 3.8) is 0 Å². The highest BCUT2D eigenvalue weighted by Gasteiger charge is 1.99. The second-order valence-electron chi connectivity index (χ2n) is 5.25. The van der Waals surface area contributed by atoms with Gasteiger partial charge in [-0.3, -0.25) is 4.79 Å². The topological polar surface area (TPSA) is 37.3 Å². The molecular weight excluding hydrogens is 248 g/mol. The van der Waals surface area contributed by atoms with E-state index in [1.54, 1.807) is 0 Å². The SMILES string of the molecule is CC/C=C\CCCC/C=C\CCCCCC(=O)CCO. The van der Waals surface area contributed by atoms with E-state index in [1.165, 1.54) is 32.1 Å². The molecule has 0 aliphatic rings. The van der Waals surface area contributed by atoms with Crippen molar-refractivity contribution in [2.45, 2.75) is 77.6 Å². The van der Waals surface area contributed by atoms with Crippen LogP contribution in [0.4, 0.5) is 0 Å². The van der Waals surface area contributed by atoms with Crippen LogP contribution < -0.4 is 0 Å². The molecule has 0 spiro atoms. The zero-order chi connectivity index (χ0) is 14.9. The molecule has 0 aliphatic heterocycles. The quantitative estimate of drug-likeness (QED) is 0.360. The van der Waals surface area contributed by atoms with Crippen molar-refractivity contribution >= 4 is 5.78 Å². The number of allylic oxidation sites excluding steroid dienone is 4. The number of hydrogen-bond acceptors (Lipinski definition) is 2. The van der Waals surface area contributed by atoms with Crippen LogP contribution >= 0.6 is 0 Å². The summed E-state index contributed by atoms with van der Waals surface area (Å²) in [4.78, 5) is 11.2. The molecule has 0 aromatic heterocycles. The molecule has 0 bridgehead atoms. The molecule has 0 saturated heterocycles. The van der Waals surface area contributed by atoms with Gasteiger partial charge in [0.25, 0.3) is 0 Å². The fraction of sp³-hybridized carbons (Fsp3) is 0.722. The summed E-state index contributed by atoms with van der Waals surface area (Å²) in [6.45, 7) is 2.16. The maximum absolute atomic E-state index is 11.2. The van der Waals surface area contributed by atoms with E-state index in [4.69, 9.17) is 5.11 Å². The Bertz CT molecular complexity index is 267. The van der Waals surface area contributed by atoms with E-state index < -0.39 is 0 Å². The van der Waals surface area contributed by atoms with Crippen molar-refractivity contribution in [3.05, 3.63) is 24.3 Å². The molecule has 2 nitrogen and oxygen atoms in total. The van der Waals surface area contributed by atoms with E-state index in [-0.39, 0.29) is 12.4 Å². The van der Waals surface area contributed by atoms with Crippen molar-refractivity contribution in [2.75, 3.05) is 6.61 Å². The zero-order valence-corrected chi connectivity index (χ0v) is 13.2. The van der Waals surface area contributed by atoms with Crippen LogP contribution in [0.25, 0.3) is 0 Å². The number of aliphatic hydroxyl groups excluding tert-OH is 1. The van der Waals surface area contributed by atoms with Gasteiger partial charge in [-0.25, -0.2) is 0 Å². The van der Waals surface area contributed by atoms with Gasteiger partial charge in [-0.15, -0.1) is 0 Å². The lowest BCUT2D eigenvalue weighted by molar-refractivity contribution is -0.119. The Morgan fingerprint density at radius 3 is 1.90 bits per heavy atom. The van der Waals surface area contributed by atoms with E-state index in [1.807, 2.05) is 0 Å². The molecule has 0 radical (unpaired) electrons. The zero-order valence-electron chi connectivity index (χ0n) is 13.2. The molecule has 0 saturated carbocycles. The van der Waals surface area contributed by atoms with E-state index >= 15 is 0 Å². The Morgan fingerprint density at radius 1 is 0.800 bits per heavy atom. The van der Waals surface area contributed by atoms with Crippen molar-refractivity contribution in [2.24, 2.45) is 0 Å². The highest BCUT2D eigenvalue weighted by Crippen LogP contribution is 2.07. The lowest BCUT2D eigenvalue weighted by Crippen LogP contribution is -2.00. The molecule has 0 rings (SSSR count). The molecule has 1 N–H and O–H groups in total. The van der Waals surface area contributed by atoms with Gasteiger partial charge in [0.15, 0.2) is 0 Å². The van der Waals surface area contributed by atoms with Gasteiger partial charge < -0.3 is 5.11 Å². The second kappa shape index (κ2) is 16.2. The molecule has 0 amide bonds. The lowest BCUT2D eigenvalue weighted by Gasteiger charge is -1.98. The molecule has 0 aromatic rings. The van der Waals surface area contributed by atoms with Gasteiger partial charge in [-0.2, -0.15) is 0 Å². The number of rotatable bonds is 14. The molecule has 2 heteroatoms. The molecule has 0 aromatic carbocycles. The number of unbranched alkanes of at least 4 members (excludes halogenated alkanes) is 6. The van der Waals surface area contributed by atoms with Crippen LogP contribution in [-0.2, 0) is 4.79 Å². The Morgan fingerprint density at radius 2 is 1.35 bits per heavy atom. The molecule has 20 heavy (non-hydrogen) atoms. The Balaban J connectivity index is 3.20. The summed E-state index contributed by atoms with van der Waals surface area (Å²) in [6.07, 6.45) is 20.5. The number of hydrogen-bond donors (Lipinski definition) is 1. The molecule has 0 atom stereocenters. The summed E-state index contributed by atoms with van der Waals surface area (Å²) >= 11 is 0. The van der Waals surface area contributed by atoms with Gasteiger partial charge in [0.2, 0.25) is 0 Å². The number of Topliss-reactive ketones (excluding diaryl/α,β-unsaturated/α-hetero) is 1. The van der Waals surface area contributed by atoms with Gasteiger partial charge in [0.1, 0.15) is 5.78 Å².